The minimum atomic E-state index is 0.245. The minimum Gasteiger partial charge on any atom is -0.505 e. The Hall–Kier alpha value is -2.35. The number of aromatic hydroxyl groups is 1. The van der Waals surface area contributed by atoms with Crippen molar-refractivity contribution in [3.63, 3.8) is 0 Å². The van der Waals surface area contributed by atoms with Crippen LogP contribution in [0.15, 0.2) is 60.8 Å². The zero-order chi connectivity index (χ0) is 11.7. The minimum absolute atomic E-state index is 0.245. The zero-order valence-electron chi connectivity index (χ0n) is 9.17. The molecule has 82 valence electrons. The molecule has 17 heavy (non-hydrogen) atoms. The molecule has 2 aromatic carbocycles. The molecule has 1 aromatic heterocycles. The van der Waals surface area contributed by atoms with Crippen LogP contribution in [-0.2, 0) is 0 Å². The third-order valence-electron chi connectivity index (χ3n) is 2.82. The Morgan fingerprint density at radius 3 is 2.35 bits per heavy atom. The molecule has 0 aliphatic carbocycles. The topological polar surface area (TPSA) is 33.1 Å². The van der Waals surface area contributed by atoms with Gasteiger partial charge in [0, 0.05) is 22.5 Å². The van der Waals surface area contributed by atoms with Gasteiger partial charge in [-0.3, -0.25) is 4.98 Å². The van der Waals surface area contributed by atoms with Crippen molar-refractivity contribution in [2.24, 2.45) is 0 Å². The number of hydrogen-bond acceptors (Lipinski definition) is 2. The summed E-state index contributed by atoms with van der Waals surface area (Å²) in [6.07, 6.45) is 1.79. The van der Waals surface area contributed by atoms with E-state index >= 15 is 0 Å². The summed E-state index contributed by atoms with van der Waals surface area (Å²) in [6, 6.07) is 17.4. The number of fused-ring (bicyclic) bond motifs is 1. The van der Waals surface area contributed by atoms with Gasteiger partial charge in [0.2, 0.25) is 0 Å². The Bertz CT molecular complexity index is 662. The predicted molar refractivity (Wildman–Crippen MR) is 68.8 cm³/mol. The van der Waals surface area contributed by atoms with Crippen LogP contribution in [-0.4, -0.2) is 10.1 Å². The van der Waals surface area contributed by atoms with Gasteiger partial charge >= 0.3 is 0 Å². The van der Waals surface area contributed by atoms with Gasteiger partial charge in [-0.25, -0.2) is 0 Å². The largest absolute Gasteiger partial charge is 0.505 e. The van der Waals surface area contributed by atoms with Crippen molar-refractivity contribution in [1.29, 1.82) is 0 Å². The first-order valence-corrected chi connectivity index (χ1v) is 5.48. The molecule has 0 spiro atoms. The summed E-state index contributed by atoms with van der Waals surface area (Å²) in [6.45, 7) is 0. The SMILES string of the molecule is Oc1c(-c2ccccc2)ncc2ccccc12. The lowest BCUT2D eigenvalue weighted by Crippen LogP contribution is -1.85. The van der Waals surface area contributed by atoms with Crippen molar-refractivity contribution < 1.29 is 5.11 Å². The highest BCUT2D eigenvalue weighted by molar-refractivity contribution is 5.92. The molecule has 0 bridgehead atoms. The van der Waals surface area contributed by atoms with Crippen LogP contribution in [0.25, 0.3) is 22.0 Å². The fourth-order valence-electron chi connectivity index (χ4n) is 1.96. The predicted octanol–water partition coefficient (Wildman–Crippen LogP) is 3.61. The van der Waals surface area contributed by atoms with Crippen LogP contribution >= 0.6 is 0 Å². The number of nitrogens with zero attached hydrogens (tertiary/aromatic N) is 1. The molecule has 0 fully saturated rings. The summed E-state index contributed by atoms with van der Waals surface area (Å²) in [5.41, 5.74) is 1.56. The lowest BCUT2D eigenvalue weighted by atomic mass is 10.1. The first-order valence-electron chi connectivity index (χ1n) is 5.48. The molecular formula is C15H11NO. The van der Waals surface area contributed by atoms with E-state index in [-0.39, 0.29) is 5.75 Å². The molecule has 0 saturated carbocycles. The van der Waals surface area contributed by atoms with Gasteiger partial charge in [0.15, 0.2) is 0 Å². The van der Waals surface area contributed by atoms with E-state index in [1.807, 2.05) is 54.6 Å². The van der Waals surface area contributed by atoms with Gasteiger partial charge in [0.05, 0.1) is 0 Å². The molecule has 2 nitrogen and oxygen atoms in total. The maximum Gasteiger partial charge on any atom is 0.149 e. The molecule has 0 amide bonds. The lowest BCUT2D eigenvalue weighted by Gasteiger charge is -2.06. The molecule has 3 rings (SSSR count). The van der Waals surface area contributed by atoms with E-state index in [0.29, 0.717) is 5.69 Å². The van der Waals surface area contributed by atoms with Gasteiger partial charge < -0.3 is 5.11 Å². The maximum absolute atomic E-state index is 10.2. The van der Waals surface area contributed by atoms with E-state index < -0.39 is 0 Å². The Labute approximate surface area is 99.2 Å². The van der Waals surface area contributed by atoms with Crippen molar-refractivity contribution in [3.05, 3.63) is 60.8 Å². The average Bonchev–Trinajstić information content (AvgIpc) is 2.40. The van der Waals surface area contributed by atoms with Crippen molar-refractivity contribution in [2.75, 3.05) is 0 Å². The summed E-state index contributed by atoms with van der Waals surface area (Å²) < 4.78 is 0. The summed E-state index contributed by atoms with van der Waals surface area (Å²) in [7, 11) is 0. The number of aromatic nitrogens is 1. The highest BCUT2D eigenvalue weighted by Crippen LogP contribution is 2.33. The molecular weight excluding hydrogens is 210 g/mol. The molecule has 1 heterocycles. The van der Waals surface area contributed by atoms with Gasteiger partial charge in [-0.1, -0.05) is 54.6 Å². The summed E-state index contributed by atoms with van der Waals surface area (Å²) in [4.78, 5) is 4.33. The fraction of sp³-hybridized carbons (Fsp3) is 0. The summed E-state index contributed by atoms with van der Waals surface area (Å²) in [5.74, 6) is 0.245. The highest BCUT2D eigenvalue weighted by atomic mass is 16.3. The van der Waals surface area contributed by atoms with E-state index in [9.17, 15) is 5.11 Å². The Morgan fingerprint density at radius 2 is 1.53 bits per heavy atom. The Kier molecular flexibility index (Phi) is 2.26. The Balaban J connectivity index is 2.29. The van der Waals surface area contributed by atoms with Crippen LogP contribution in [0, 0.1) is 0 Å². The molecule has 0 atom stereocenters. The van der Waals surface area contributed by atoms with Gasteiger partial charge in [-0.05, 0) is 0 Å². The molecule has 0 aliphatic rings. The molecule has 0 radical (unpaired) electrons. The summed E-state index contributed by atoms with van der Waals surface area (Å²) in [5, 5.41) is 12.0. The number of hydrogen-bond donors (Lipinski definition) is 1. The molecule has 0 aliphatic heterocycles. The van der Waals surface area contributed by atoms with Gasteiger partial charge in [-0.2, -0.15) is 0 Å². The molecule has 3 aromatic rings. The van der Waals surface area contributed by atoms with Crippen LogP contribution in [0.4, 0.5) is 0 Å². The van der Waals surface area contributed by atoms with Crippen LogP contribution in [0.1, 0.15) is 0 Å². The monoisotopic (exact) mass is 221 g/mol. The smallest absolute Gasteiger partial charge is 0.149 e. The van der Waals surface area contributed by atoms with E-state index in [0.717, 1.165) is 16.3 Å². The van der Waals surface area contributed by atoms with Gasteiger partial charge in [0.1, 0.15) is 11.4 Å². The Morgan fingerprint density at radius 1 is 0.824 bits per heavy atom. The molecule has 1 N–H and O–H groups in total. The second kappa shape index (κ2) is 3.91. The van der Waals surface area contributed by atoms with Crippen LogP contribution in [0.3, 0.4) is 0 Å². The molecule has 0 unspecified atom stereocenters. The van der Waals surface area contributed by atoms with E-state index in [1.165, 1.54) is 0 Å². The quantitative estimate of drug-likeness (QED) is 0.681. The highest BCUT2D eigenvalue weighted by Gasteiger charge is 2.08. The normalized spacial score (nSPS) is 10.6. The number of pyridine rings is 1. The number of rotatable bonds is 1. The maximum atomic E-state index is 10.2. The van der Waals surface area contributed by atoms with E-state index in [1.54, 1.807) is 6.20 Å². The number of benzene rings is 2. The standard InChI is InChI=1S/C15H11NO/c17-15-13-9-5-4-8-12(13)10-16-14(15)11-6-2-1-3-7-11/h1-10,17H. The summed E-state index contributed by atoms with van der Waals surface area (Å²) >= 11 is 0. The third kappa shape index (κ3) is 1.64. The van der Waals surface area contributed by atoms with Gasteiger partial charge in [0.25, 0.3) is 0 Å². The van der Waals surface area contributed by atoms with E-state index in [4.69, 9.17) is 0 Å². The second-order valence-corrected chi connectivity index (χ2v) is 3.91. The van der Waals surface area contributed by atoms with Crippen molar-refractivity contribution >= 4 is 10.8 Å². The van der Waals surface area contributed by atoms with Gasteiger partial charge in [-0.15, -0.1) is 0 Å². The zero-order valence-corrected chi connectivity index (χ0v) is 9.17. The second-order valence-electron chi connectivity index (χ2n) is 3.91. The van der Waals surface area contributed by atoms with Crippen molar-refractivity contribution in [3.8, 4) is 17.0 Å². The fourth-order valence-corrected chi connectivity index (χ4v) is 1.96. The molecule has 2 heteroatoms. The first kappa shape index (κ1) is 9.85. The van der Waals surface area contributed by atoms with Crippen LogP contribution in [0.2, 0.25) is 0 Å². The van der Waals surface area contributed by atoms with Crippen LogP contribution in [0.5, 0.6) is 5.75 Å². The van der Waals surface area contributed by atoms with E-state index in [2.05, 4.69) is 4.98 Å². The van der Waals surface area contributed by atoms with Crippen LogP contribution < -0.4 is 0 Å². The molecule has 0 saturated heterocycles. The van der Waals surface area contributed by atoms with Crippen molar-refractivity contribution in [2.45, 2.75) is 0 Å². The van der Waals surface area contributed by atoms with Crippen molar-refractivity contribution in [1.82, 2.24) is 4.98 Å². The first-order chi connectivity index (χ1) is 8.36. The average molecular weight is 221 g/mol. The lowest BCUT2D eigenvalue weighted by molar-refractivity contribution is 0.481. The third-order valence-corrected chi connectivity index (χ3v) is 2.82.